The number of nitrogens with two attached hydrogens (primary N) is 1. The van der Waals surface area contributed by atoms with Crippen molar-refractivity contribution >= 4 is 5.82 Å². The van der Waals surface area contributed by atoms with Crippen LogP contribution in [0.4, 0.5) is 5.82 Å². The van der Waals surface area contributed by atoms with Gasteiger partial charge in [0.25, 0.3) is 0 Å². The lowest BCUT2D eigenvalue weighted by Gasteiger charge is -2.09. The minimum Gasteiger partial charge on any atom is -0.384 e. The van der Waals surface area contributed by atoms with Crippen LogP contribution in [0.25, 0.3) is 0 Å². The number of aromatic nitrogens is 1. The lowest BCUT2D eigenvalue weighted by atomic mass is 10.1. The smallest absolute Gasteiger partial charge is 0.123 e. The van der Waals surface area contributed by atoms with E-state index in [9.17, 15) is 0 Å². The SMILES string of the molecule is Nc1ccc([C@@H]2CCCN2)cn1. The summed E-state index contributed by atoms with van der Waals surface area (Å²) in [5, 5.41) is 3.41. The standard InChI is InChI=1S/C9H13N3/c10-9-4-3-7(6-12-9)8-2-1-5-11-8/h3-4,6,8,11H,1-2,5H2,(H2,10,12)/t8-/m0/s1. The number of hydrogen-bond donors (Lipinski definition) is 2. The molecule has 1 aliphatic heterocycles. The maximum atomic E-state index is 5.49. The molecule has 1 aromatic heterocycles. The Balaban J connectivity index is 2.17. The third kappa shape index (κ3) is 1.41. The van der Waals surface area contributed by atoms with Crippen molar-refractivity contribution in [3.63, 3.8) is 0 Å². The number of pyridine rings is 1. The van der Waals surface area contributed by atoms with Crippen LogP contribution < -0.4 is 11.1 Å². The summed E-state index contributed by atoms with van der Waals surface area (Å²) in [5.41, 5.74) is 6.75. The Morgan fingerprint density at radius 3 is 3.00 bits per heavy atom. The average molecular weight is 163 g/mol. The quantitative estimate of drug-likeness (QED) is 0.651. The van der Waals surface area contributed by atoms with Crippen molar-refractivity contribution in [1.29, 1.82) is 0 Å². The van der Waals surface area contributed by atoms with E-state index >= 15 is 0 Å². The fourth-order valence-corrected chi connectivity index (χ4v) is 1.59. The van der Waals surface area contributed by atoms with Gasteiger partial charge in [0.15, 0.2) is 0 Å². The molecule has 1 aromatic rings. The molecule has 0 bridgehead atoms. The normalized spacial score (nSPS) is 22.8. The third-order valence-corrected chi connectivity index (χ3v) is 2.27. The fourth-order valence-electron chi connectivity index (χ4n) is 1.59. The Labute approximate surface area is 72.0 Å². The number of nitrogens with zero attached hydrogens (tertiary/aromatic N) is 1. The van der Waals surface area contributed by atoms with Gasteiger partial charge >= 0.3 is 0 Å². The number of nitrogen functional groups attached to an aromatic ring is 1. The Bertz CT molecular complexity index is 249. The second kappa shape index (κ2) is 3.11. The van der Waals surface area contributed by atoms with E-state index in [-0.39, 0.29) is 0 Å². The first-order valence-electron chi connectivity index (χ1n) is 4.31. The minimum atomic E-state index is 0.498. The zero-order valence-corrected chi connectivity index (χ0v) is 6.96. The lowest BCUT2D eigenvalue weighted by Crippen LogP contribution is -2.12. The van der Waals surface area contributed by atoms with Crippen LogP contribution in [-0.4, -0.2) is 11.5 Å². The molecule has 0 spiro atoms. The molecule has 1 atom stereocenters. The van der Waals surface area contributed by atoms with Crippen LogP contribution >= 0.6 is 0 Å². The highest BCUT2D eigenvalue weighted by atomic mass is 14.9. The topological polar surface area (TPSA) is 50.9 Å². The van der Waals surface area contributed by atoms with E-state index in [1.807, 2.05) is 18.3 Å². The number of anilines is 1. The largest absolute Gasteiger partial charge is 0.384 e. The first kappa shape index (κ1) is 7.55. The van der Waals surface area contributed by atoms with Gasteiger partial charge in [0.1, 0.15) is 5.82 Å². The molecular formula is C9H13N3. The van der Waals surface area contributed by atoms with Crippen LogP contribution in [0, 0.1) is 0 Å². The Kier molecular flexibility index (Phi) is 1.96. The predicted octanol–water partition coefficient (Wildman–Crippen LogP) is 1.09. The molecule has 0 amide bonds. The van der Waals surface area contributed by atoms with E-state index in [2.05, 4.69) is 10.3 Å². The molecule has 0 saturated carbocycles. The molecule has 1 aliphatic rings. The summed E-state index contributed by atoms with van der Waals surface area (Å²) in [5.74, 6) is 0.594. The van der Waals surface area contributed by atoms with Crippen LogP contribution in [0.5, 0.6) is 0 Å². The zero-order chi connectivity index (χ0) is 8.39. The summed E-state index contributed by atoms with van der Waals surface area (Å²) in [6.45, 7) is 1.12. The van der Waals surface area contributed by atoms with Crippen LogP contribution in [0.3, 0.4) is 0 Å². The van der Waals surface area contributed by atoms with Gasteiger partial charge in [-0.2, -0.15) is 0 Å². The molecule has 2 heterocycles. The van der Waals surface area contributed by atoms with Gasteiger partial charge in [0.2, 0.25) is 0 Å². The van der Waals surface area contributed by atoms with Crippen molar-refractivity contribution in [1.82, 2.24) is 10.3 Å². The monoisotopic (exact) mass is 163 g/mol. The van der Waals surface area contributed by atoms with Crippen molar-refractivity contribution < 1.29 is 0 Å². The van der Waals surface area contributed by atoms with E-state index in [1.165, 1.54) is 18.4 Å². The highest BCUT2D eigenvalue weighted by Gasteiger charge is 2.15. The summed E-state index contributed by atoms with van der Waals surface area (Å²) in [4.78, 5) is 4.06. The summed E-state index contributed by atoms with van der Waals surface area (Å²) < 4.78 is 0. The molecule has 2 rings (SSSR count). The van der Waals surface area contributed by atoms with E-state index in [0.717, 1.165) is 6.54 Å². The van der Waals surface area contributed by atoms with E-state index in [0.29, 0.717) is 11.9 Å². The van der Waals surface area contributed by atoms with Crippen LogP contribution in [0.15, 0.2) is 18.3 Å². The van der Waals surface area contributed by atoms with Crippen molar-refractivity contribution in [3.05, 3.63) is 23.9 Å². The van der Waals surface area contributed by atoms with Gasteiger partial charge in [-0.15, -0.1) is 0 Å². The van der Waals surface area contributed by atoms with Gasteiger partial charge in [-0.3, -0.25) is 0 Å². The second-order valence-corrected chi connectivity index (χ2v) is 3.17. The predicted molar refractivity (Wildman–Crippen MR) is 48.6 cm³/mol. The lowest BCUT2D eigenvalue weighted by molar-refractivity contribution is 0.645. The molecule has 0 aliphatic carbocycles. The second-order valence-electron chi connectivity index (χ2n) is 3.17. The summed E-state index contributed by atoms with van der Waals surface area (Å²) >= 11 is 0. The van der Waals surface area contributed by atoms with E-state index in [1.54, 1.807) is 0 Å². The maximum Gasteiger partial charge on any atom is 0.123 e. The molecular weight excluding hydrogens is 150 g/mol. The molecule has 12 heavy (non-hydrogen) atoms. The van der Waals surface area contributed by atoms with Crippen molar-refractivity contribution in [2.24, 2.45) is 0 Å². The molecule has 0 unspecified atom stereocenters. The van der Waals surface area contributed by atoms with Gasteiger partial charge in [-0.05, 0) is 31.0 Å². The Morgan fingerprint density at radius 1 is 1.50 bits per heavy atom. The molecule has 1 saturated heterocycles. The molecule has 3 N–H and O–H groups in total. The number of nitrogens with one attached hydrogen (secondary N) is 1. The van der Waals surface area contributed by atoms with Gasteiger partial charge in [-0.1, -0.05) is 6.07 Å². The molecule has 1 fully saturated rings. The third-order valence-electron chi connectivity index (χ3n) is 2.27. The fraction of sp³-hybridized carbons (Fsp3) is 0.444. The molecule has 64 valence electrons. The highest BCUT2D eigenvalue weighted by Crippen LogP contribution is 2.22. The Hall–Kier alpha value is -1.09. The van der Waals surface area contributed by atoms with Crippen LogP contribution in [0.2, 0.25) is 0 Å². The van der Waals surface area contributed by atoms with Crippen molar-refractivity contribution in [3.8, 4) is 0 Å². The number of hydrogen-bond acceptors (Lipinski definition) is 3. The first-order chi connectivity index (χ1) is 5.86. The summed E-state index contributed by atoms with van der Waals surface area (Å²) in [6.07, 6.45) is 4.33. The molecule has 0 radical (unpaired) electrons. The molecule has 3 heteroatoms. The minimum absolute atomic E-state index is 0.498. The number of rotatable bonds is 1. The van der Waals surface area contributed by atoms with Crippen LogP contribution in [-0.2, 0) is 0 Å². The maximum absolute atomic E-state index is 5.49. The zero-order valence-electron chi connectivity index (χ0n) is 6.96. The van der Waals surface area contributed by atoms with Gasteiger partial charge in [-0.25, -0.2) is 4.98 Å². The van der Waals surface area contributed by atoms with Crippen molar-refractivity contribution in [2.45, 2.75) is 18.9 Å². The summed E-state index contributed by atoms with van der Waals surface area (Å²) in [6, 6.07) is 4.40. The van der Waals surface area contributed by atoms with Crippen molar-refractivity contribution in [2.75, 3.05) is 12.3 Å². The van der Waals surface area contributed by atoms with Gasteiger partial charge in [0, 0.05) is 12.2 Å². The van der Waals surface area contributed by atoms with E-state index in [4.69, 9.17) is 5.73 Å². The van der Waals surface area contributed by atoms with E-state index < -0.39 is 0 Å². The molecule has 3 nitrogen and oxygen atoms in total. The first-order valence-corrected chi connectivity index (χ1v) is 4.31. The van der Waals surface area contributed by atoms with Crippen LogP contribution in [0.1, 0.15) is 24.4 Å². The Morgan fingerprint density at radius 2 is 2.42 bits per heavy atom. The van der Waals surface area contributed by atoms with Gasteiger partial charge < -0.3 is 11.1 Å². The van der Waals surface area contributed by atoms with Gasteiger partial charge in [0.05, 0.1) is 0 Å². The summed E-state index contributed by atoms with van der Waals surface area (Å²) in [7, 11) is 0. The molecule has 0 aromatic carbocycles. The average Bonchev–Trinajstić information content (AvgIpc) is 2.58. The highest BCUT2D eigenvalue weighted by molar-refractivity contribution is 5.30.